The number of hydrogen-bond acceptors (Lipinski definition) is 6. The molecule has 2 aliphatic carbocycles. The molecule has 3 rings (SSSR count). The Labute approximate surface area is 144 Å². The van der Waals surface area contributed by atoms with Gasteiger partial charge in [0.25, 0.3) is 11.1 Å². The number of nitrogens with zero attached hydrogens (tertiary/aromatic N) is 1. The molecule has 24 heavy (non-hydrogen) atoms. The van der Waals surface area contributed by atoms with Crippen molar-refractivity contribution in [1.29, 1.82) is 0 Å². The predicted molar refractivity (Wildman–Crippen MR) is 87.1 cm³/mol. The number of nitrogens with one attached hydrogen (secondary N) is 1. The molecule has 0 spiro atoms. The van der Waals surface area contributed by atoms with Crippen molar-refractivity contribution < 1.29 is 23.9 Å². The number of rotatable bonds is 7. The van der Waals surface area contributed by atoms with Gasteiger partial charge in [-0.3, -0.25) is 24.1 Å². The van der Waals surface area contributed by atoms with Crippen molar-refractivity contribution in [2.24, 2.45) is 17.8 Å². The average Bonchev–Trinajstić information content (AvgIpc) is 3.24. The van der Waals surface area contributed by atoms with Crippen LogP contribution in [0, 0.1) is 17.8 Å². The minimum atomic E-state index is -0.414. The van der Waals surface area contributed by atoms with Crippen LogP contribution >= 0.6 is 11.8 Å². The summed E-state index contributed by atoms with van der Waals surface area (Å²) in [6, 6.07) is 0. The normalized spacial score (nSPS) is 28.5. The zero-order valence-corrected chi connectivity index (χ0v) is 14.3. The Morgan fingerprint density at radius 2 is 2.08 bits per heavy atom. The van der Waals surface area contributed by atoms with Crippen LogP contribution in [0.15, 0.2) is 0 Å². The maximum absolute atomic E-state index is 11.8. The van der Waals surface area contributed by atoms with E-state index in [1.54, 1.807) is 0 Å². The molecule has 3 fully saturated rings. The van der Waals surface area contributed by atoms with Gasteiger partial charge in [0, 0.05) is 19.5 Å². The van der Waals surface area contributed by atoms with E-state index in [9.17, 15) is 19.2 Å². The van der Waals surface area contributed by atoms with E-state index in [4.69, 9.17) is 4.74 Å². The zero-order valence-electron chi connectivity index (χ0n) is 13.5. The summed E-state index contributed by atoms with van der Waals surface area (Å²) in [5, 5.41) is 2.27. The van der Waals surface area contributed by atoms with Gasteiger partial charge in [0.05, 0.1) is 5.75 Å². The third kappa shape index (κ3) is 4.09. The second-order valence-electron chi connectivity index (χ2n) is 6.75. The van der Waals surface area contributed by atoms with E-state index < -0.39 is 5.91 Å². The van der Waals surface area contributed by atoms with Gasteiger partial charge in [0.15, 0.2) is 6.61 Å². The Bertz CT molecular complexity index is 537. The van der Waals surface area contributed by atoms with Gasteiger partial charge in [-0.25, -0.2) is 0 Å². The van der Waals surface area contributed by atoms with Crippen LogP contribution in [0.1, 0.15) is 32.1 Å². The first-order valence-electron chi connectivity index (χ1n) is 8.42. The van der Waals surface area contributed by atoms with Gasteiger partial charge >= 0.3 is 5.97 Å². The molecule has 2 bridgehead atoms. The summed E-state index contributed by atoms with van der Waals surface area (Å²) < 4.78 is 5.04. The Balaban J connectivity index is 1.29. The molecule has 1 saturated heterocycles. The second kappa shape index (κ2) is 7.55. The first kappa shape index (κ1) is 17.3. The smallest absolute Gasteiger partial charge is 0.306 e. The Morgan fingerprint density at radius 3 is 2.71 bits per heavy atom. The lowest BCUT2D eigenvalue weighted by Gasteiger charge is -2.20. The molecule has 0 radical (unpaired) electrons. The first-order valence-corrected chi connectivity index (χ1v) is 9.41. The molecular formula is C16H22N2O5S. The molecule has 132 valence electrons. The van der Waals surface area contributed by atoms with Crippen molar-refractivity contribution in [2.45, 2.75) is 32.1 Å². The Hall–Kier alpha value is -1.57. The number of hydrogen-bond donors (Lipinski definition) is 1. The molecule has 3 amide bonds. The van der Waals surface area contributed by atoms with Gasteiger partial charge in [-0.15, -0.1) is 0 Å². The molecule has 0 unspecified atom stereocenters. The number of carbonyl (C=O) groups excluding carboxylic acids is 4. The number of thioether (sulfide) groups is 1. The van der Waals surface area contributed by atoms with E-state index >= 15 is 0 Å². The van der Waals surface area contributed by atoms with Crippen LogP contribution in [0.3, 0.4) is 0 Å². The summed E-state index contributed by atoms with van der Waals surface area (Å²) in [5.74, 6) is 1.05. The topological polar surface area (TPSA) is 92.8 Å². The van der Waals surface area contributed by atoms with Crippen molar-refractivity contribution in [2.75, 3.05) is 25.4 Å². The maximum Gasteiger partial charge on any atom is 0.306 e. The maximum atomic E-state index is 11.8. The summed E-state index contributed by atoms with van der Waals surface area (Å²) in [4.78, 5) is 47.4. The minimum absolute atomic E-state index is 0.148. The molecule has 1 N–H and O–H groups in total. The standard InChI is InChI=1S/C16H22N2O5S/c19-13(17-3-4-18-14(20)9-24-16(18)22)8-23-15(21)7-12-6-10-1-2-11(12)5-10/h10-12H,1-9H2,(H,17,19)/t10-,11+,12-/m1/s1. The van der Waals surface area contributed by atoms with Crippen molar-refractivity contribution in [3.05, 3.63) is 0 Å². The lowest BCUT2D eigenvalue weighted by atomic mass is 9.86. The predicted octanol–water partition coefficient (Wildman–Crippen LogP) is 1.17. The largest absolute Gasteiger partial charge is 0.456 e. The zero-order chi connectivity index (χ0) is 17.1. The highest BCUT2D eigenvalue weighted by Crippen LogP contribution is 2.49. The fourth-order valence-corrected chi connectivity index (χ4v) is 4.75. The molecule has 7 nitrogen and oxygen atoms in total. The van der Waals surface area contributed by atoms with Gasteiger partial charge in [-0.1, -0.05) is 18.2 Å². The highest BCUT2D eigenvalue weighted by atomic mass is 32.2. The lowest BCUT2D eigenvalue weighted by molar-refractivity contribution is -0.149. The lowest BCUT2D eigenvalue weighted by Crippen LogP contribution is -2.38. The van der Waals surface area contributed by atoms with Crippen LogP contribution in [0.5, 0.6) is 0 Å². The monoisotopic (exact) mass is 354 g/mol. The second-order valence-corrected chi connectivity index (χ2v) is 7.68. The van der Waals surface area contributed by atoms with Gasteiger partial charge in [-0.2, -0.15) is 0 Å². The number of imide groups is 1. The number of carbonyl (C=O) groups is 4. The van der Waals surface area contributed by atoms with E-state index in [0.717, 1.165) is 29.0 Å². The van der Waals surface area contributed by atoms with E-state index in [2.05, 4.69) is 5.32 Å². The number of esters is 1. The summed E-state index contributed by atoms with van der Waals surface area (Å²) in [7, 11) is 0. The van der Waals surface area contributed by atoms with Crippen molar-refractivity contribution in [3.8, 4) is 0 Å². The molecule has 8 heteroatoms. The van der Waals surface area contributed by atoms with E-state index in [-0.39, 0.29) is 42.6 Å². The number of amides is 3. The highest BCUT2D eigenvalue weighted by molar-refractivity contribution is 8.14. The van der Waals surface area contributed by atoms with Crippen LogP contribution < -0.4 is 5.32 Å². The van der Waals surface area contributed by atoms with Gasteiger partial charge in [-0.05, 0) is 37.0 Å². The molecule has 1 heterocycles. The van der Waals surface area contributed by atoms with Crippen LogP contribution in [0.4, 0.5) is 4.79 Å². The average molecular weight is 354 g/mol. The van der Waals surface area contributed by atoms with Crippen molar-refractivity contribution in [1.82, 2.24) is 10.2 Å². The van der Waals surface area contributed by atoms with Crippen LogP contribution in [-0.4, -0.2) is 53.4 Å². The summed E-state index contributed by atoms with van der Waals surface area (Å²) in [5.41, 5.74) is 0. The van der Waals surface area contributed by atoms with Crippen LogP contribution in [-0.2, 0) is 19.1 Å². The van der Waals surface area contributed by atoms with Gasteiger partial charge in [0.1, 0.15) is 0 Å². The van der Waals surface area contributed by atoms with Crippen LogP contribution in [0.2, 0.25) is 0 Å². The molecular weight excluding hydrogens is 332 g/mol. The van der Waals surface area contributed by atoms with E-state index in [1.165, 1.54) is 19.3 Å². The van der Waals surface area contributed by atoms with Crippen LogP contribution in [0.25, 0.3) is 0 Å². The van der Waals surface area contributed by atoms with E-state index in [1.807, 2.05) is 0 Å². The van der Waals surface area contributed by atoms with E-state index in [0.29, 0.717) is 18.3 Å². The van der Waals surface area contributed by atoms with Gasteiger partial charge in [0.2, 0.25) is 5.91 Å². The molecule has 1 aliphatic heterocycles. The summed E-state index contributed by atoms with van der Waals surface area (Å²) in [6.45, 7) is 0.00654. The van der Waals surface area contributed by atoms with Crippen molar-refractivity contribution in [3.63, 3.8) is 0 Å². The molecule has 0 aromatic rings. The molecule has 3 atom stereocenters. The fourth-order valence-electron chi connectivity index (χ4n) is 4.00. The third-order valence-electron chi connectivity index (χ3n) is 5.18. The fraction of sp³-hybridized carbons (Fsp3) is 0.750. The molecule has 3 aliphatic rings. The molecule has 2 saturated carbocycles. The minimum Gasteiger partial charge on any atom is -0.456 e. The van der Waals surface area contributed by atoms with Gasteiger partial charge < -0.3 is 10.1 Å². The first-order chi connectivity index (χ1) is 11.5. The summed E-state index contributed by atoms with van der Waals surface area (Å²) >= 11 is 0.962. The summed E-state index contributed by atoms with van der Waals surface area (Å²) in [6.07, 6.45) is 5.27. The number of fused-ring (bicyclic) bond motifs is 2. The quantitative estimate of drug-likeness (QED) is 0.690. The Morgan fingerprint density at radius 1 is 1.25 bits per heavy atom. The highest BCUT2D eigenvalue weighted by Gasteiger charge is 2.40. The third-order valence-corrected chi connectivity index (χ3v) is 6.03. The number of ether oxygens (including phenoxy) is 1. The molecule has 0 aromatic carbocycles. The van der Waals surface area contributed by atoms with Crippen molar-refractivity contribution >= 4 is 34.8 Å². The molecule has 0 aromatic heterocycles. The Kier molecular flexibility index (Phi) is 5.43. The SMILES string of the molecule is O=C(COC(=O)C[C@H]1C[C@@H]2CC[C@H]1C2)NCCN1C(=O)CSC1=O.